The molecule has 1 aliphatic heterocycles. The van der Waals surface area contributed by atoms with Gasteiger partial charge in [0.15, 0.2) is 0 Å². The molecule has 2 heterocycles. The number of halogens is 1. The number of likely N-dealkylation sites (tertiary alicyclic amines) is 1. The van der Waals surface area contributed by atoms with Gasteiger partial charge in [-0.3, -0.25) is 19.8 Å². The molecule has 43 heavy (non-hydrogen) atoms. The highest BCUT2D eigenvalue weighted by Crippen LogP contribution is 2.37. The molecule has 0 radical (unpaired) electrons. The zero-order valence-corrected chi connectivity index (χ0v) is 24.6. The van der Waals surface area contributed by atoms with Crippen LogP contribution in [0.15, 0.2) is 60.0 Å². The third-order valence-electron chi connectivity index (χ3n) is 8.24. The van der Waals surface area contributed by atoms with Crippen molar-refractivity contribution in [2.45, 2.75) is 51.1 Å². The summed E-state index contributed by atoms with van der Waals surface area (Å²) in [5.74, 6) is 0.387. The van der Waals surface area contributed by atoms with Crippen molar-refractivity contribution >= 4 is 34.9 Å². The highest BCUT2D eigenvalue weighted by Gasteiger charge is 2.42. The van der Waals surface area contributed by atoms with Crippen LogP contribution in [0.1, 0.15) is 59.3 Å². The second-order valence-corrected chi connectivity index (χ2v) is 12.1. The van der Waals surface area contributed by atoms with E-state index in [0.29, 0.717) is 48.1 Å². The first-order valence-corrected chi connectivity index (χ1v) is 15.5. The number of nitrogens with two attached hydrogens (primary N) is 1. The van der Waals surface area contributed by atoms with Crippen molar-refractivity contribution in [1.82, 2.24) is 15.5 Å². The van der Waals surface area contributed by atoms with Gasteiger partial charge in [0.1, 0.15) is 29.2 Å². The fourth-order valence-corrected chi connectivity index (χ4v) is 6.74. The van der Waals surface area contributed by atoms with Crippen LogP contribution in [0.2, 0.25) is 0 Å². The number of nitrogen functional groups attached to an aromatic ring is 1. The van der Waals surface area contributed by atoms with Crippen molar-refractivity contribution in [1.29, 1.82) is 5.41 Å². The summed E-state index contributed by atoms with van der Waals surface area (Å²) < 4.78 is 18.8. The van der Waals surface area contributed by atoms with Gasteiger partial charge < -0.3 is 26.0 Å². The van der Waals surface area contributed by atoms with Crippen molar-refractivity contribution in [3.05, 3.63) is 81.8 Å². The van der Waals surface area contributed by atoms with E-state index in [2.05, 4.69) is 10.6 Å². The molecule has 5 N–H and O–H groups in total. The number of benzene rings is 2. The lowest BCUT2D eigenvalue weighted by atomic mass is 9.79. The van der Waals surface area contributed by atoms with Gasteiger partial charge in [0.25, 0.3) is 5.91 Å². The summed E-state index contributed by atoms with van der Waals surface area (Å²) in [4.78, 5) is 42.1. The van der Waals surface area contributed by atoms with Gasteiger partial charge in [-0.25, -0.2) is 4.39 Å². The highest BCUT2D eigenvalue weighted by atomic mass is 32.1. The van der Waals surface area contributed by atoms with Gasteiger partial charge >= 0.3 is 0 Å². The van der Waals surface area contributed by atoms with E-state index in [1.165, 1.54) is 54.9 Å². The maximum atomic E-state index is 13.4. The molecular formula is C32H36FN5O4S. The Balaban J connectivity index is 1.19. The lowest BCUT2D eigenvalue weighted by Gasteiger charge is -2.27. The molecule has 0 spiro atoms. The van der Waals surface area contributed by atoms with E-state index in [4.69, 9.17) is 15.9 Å². The van der Waals surface area contributed by atoms with Gasteiger partial charge in [-0.15, -0.1) is 11.3 Å². The van der Waals surface area contributed by atoms with Gasteiger partial charge in [-0.2, -0.15) is 0 Å². The van der Waals surface area contributed by atoms with Crippen LogP contribution in [-0.2, 0) is 16.1 Å². The van der Waals surface area contributed by atoms with Crippen molar-refractivity contribution in [2.24, 2.45) is 17.6 Å². The number of thiophene rings is 1. The number of carbonyl (C=O) groups excluding carboxylic acids is 3. The lowest BCUT2D eigenvalue weighted by Crippen LogP contribution is -2.48. The summed E-state index contributed by atoms with van der Waals surface area (Å²) in [5.41, 5.74) is 6.54. The van der Waals surface area contributed by atoms with Crippen molar-refractivity contribution in [3.8, 4) is 11.5 Å². The molecule has 2 atom stereocenters. The molecule has 226 valence electrons. The molecule has 3 aromatic rings. The van der Waals surface area contributed by atoms with Crippen LogP contribution < -0.4 is 21.1 Å². The molecule has 1 aliphatic carbocycles. The van der Waals surface area contributed by atoms with E-state index >= 15 is 0 Å². The predicted molar refractivity (Wildman–Crippen MR) is 163 cm³/mol. The molecule has 3 amide bonds. The van der Waals surface area contributed by atoms with Crippen LogP contribution in [-0.4, -0.2) is 47.6 Å². The van der Waals surface area contributed by atoms with Gasteiger partial charge in [0.05, 0.1) is 13.1 Å². The number of rotatable bonds is 10. The number of hydrogen-bond donors (Lipinski definition) is 4. The van der Waals surface area contributed by atoms with E-state index in [1.807, 2.05) is 0 Å². The lowest BCUT2D eigenvalue weighted by molar-refractivity contribution is -0.137. The number of nitrogens with one attached hydrogen (secondary N) is 3. The van der Waals surface area contributed by atoms with Gasteiger partial charge in [0, 0.05) is 27.9 Å². The summed E-state index contributed by atoms with van der Waals surface area (Å²) in [6, 6.07) is 13.2. The van der Waals surface area contributed by atoms with E-state index in [9.17, 15) is 18.8 Å². The van der Waals surface area contributed by atoms with Crippen molar-refractivity contribution in [2.75, 3.05) is 13.1 Å². The van der Waals surface area contributed by atoms with Crippen LogP contribution in [0.3, 0.4) is 0 Å². The first-order valence-electron chi connectivity index (χ1n) is 14.6. The van der Waals surface area contributed by atoms with E-state index in [-0.39, 0.29) is 35.9 Å². The third kappa shape index (κ3) is 7.78. The minimum atomic E-state index is -0.605. The Morgan fingerprint density at radius 3 is 2.28 bits per heavy atom. The van der Waals surface area contributed by atoms with E-state index in [1.54, 1.807) is 40.6 Å². The number of carbonyl (C=O) groups is 3. The van der Waals surface area contributed by atoms with Crippen LogP contribution >= 0.6 is 11.3 Å². The maximum Gasteiger partial charge on any atom is 0.251 e. The van der Waals surface area contributed by atoms with Gasteiger partial charge in [-0.1, -0.05) is 32.1 Å². The molecule has 0 bridgehead atoms. The summed E-state index contributed by atoms with van der Waals surface area (Å²) in [6.45, 7) is 0.572. The number of nitrogens with zero attached hydrogens (tertiary/aromatic N) is 1. The molecule has 2 aromatic carbocycles. The zero-order chi connectivity index (χ0) is 30.3. The molecule has 2 unspecified atom stereocenters. The quantitative estimate of drug-likeness (QED) is 0.194. The van der Waals surface area contributed by atoms with Gasteiger partial charge in [-0.05, 0) is 72.9 Å². The van der Waals surface area contributed by atoms with Crippen LogP contribution in [0.5, 0.6) is 11.5 Å². The Bertz CT molecular complexity index is 1450. The van der Waals surface area contributed by atoms with E-state index in [0.717, 1.165) is 17.7 Å². The Hall–Kier alpha value is -4.25. The molecule has 1 aromatic heterocycles. The molecular weight excluding hydrogens is 569 g/mol. The highest BCUT2D eigenvalue weighted by molar-refractivity contribution is 7.10. The number of hydrogen-bond acceptors (Lipinski definition) is 6. The number of amides is 3. The fourth-order valence-electron chi connectivity index (χ4n) is 5.92. The van der Waals surface area contributed by atoms with Gasteiger partial charge in [0.2, 0.25) is 11.8 Å². The Morgan fingerprint density at radius 2 is 1.63 bits per heavy atom. The first kappa shape index (κ1) is 30.2. The second-order valence-electron chi connectivity index (χ2n) is 11.2. The minimum Gasteiger partial charge on any atom is -0.457 e. The van der Waals surface area contributed by atoms with Crippen molar-refractivity contribution < 1.29 is 23.5 Å². The van der Waals surface area contributed by atoms with Crippen LogP contribution in [0.25, 0.3) is 0 Å². The second kappa shape index (κ2) is 13.8. The largest absolute Gasteiger partial charge is 0.457 e. The van der Waals surface area contributed by atoms with Crippen molar-refractivity contribution in [3.63, 3.8) is 0 Å². The molecule has 2 fully saturated rings. The molecule has 1 saturated carbocycles. The SMILES string of the molecule is N=C(N)c1csc(CNC(=O)C2CC(C3CCCCC3)CN2C(=O)CNC(=O)c2ccc(Oc3ccc(F)cc3)cc2)c1. The molecule has 9 nitrogen and oxygen atoms in total. The Morgan fingerprint density at radius 1 is 0.953 bits per heavy atom. The predicted octanol–water partition coefficient (Wildman–Crippen LogP) is 4.81. The monoisotopic (exact) mass is 605 g/mol. The zero-order valence-electron chi connectivity index (χ0n) is 23.8. The normalized spacial score (nSPS) is 18.7. The van der Waals surface area contributed by atoms with Crippen LogP contribution in [0.4, 0.5) is 4.39 Å². The molecule has 1 saturated heterocycles. The number of amidine groups is 1. The summed E-state index contributed by atoms with van der Waals surface area (Å²) in [7, 11) is 0. The Labute approximate surface area is 254 Å². The number of ether oxygens (including phenoxy) is 1. The smallest absolute Gasteiger partial charge is 0.251 e. The maximum absolute atomic E-state index is 13.4. The molecule has 11 heteroatoms. The summed E-state index contributed by atoms with van der Waals surface area (Å²) in [5, 5.41) is 15.0. The topological polar surface area (TPSA) is 138 Å². The first-order chi connectivity index (χ1) is 20.8. The fraction of sp³-hybridized carbons (Fsp3) is 0.375. The Kier molecular flexibility index (Phi) is 9.71. The minimum absolute atomic E-state index is 0.0203. The molecule has 5 rings (SSSR count). The van der Waals surface area contributed by atoms with E-state index < -0.39 is 11.9 Å². The standard InChI is InChI=1S/C32H36FN5O4S/c33-24-8-12-26(13-9-24)42-25-10-6-21(7-11-25)31(40)37-17-29(39)38-18-22(20-4-2-1-3-5-20)15-28(38)32(41)36-16-27-14-23(19-43-27)30(34)35/h6-14,19-20,22,28H,1-5,15-18H2,(H3,34,35)(H,36,41)(H,37,40). The average Bonchev–Trinajstić information content (AvgIpc) is 3.69. The third-order valence-corrected chi connectivity index (χ3v) is 9.18. The van der Waals surface area contributed by atoms with Crippen LogP contribution in [0, 0.1) is 23.1 Å². The molecule has 2 aliphatic rings. The average molecular weight is 606 g/mol. The summed E-state index contributed by atoms with van der Waals surface area (Å²) in [6.07, 6.45) is 6.40. The summed E-state index contributed by atoms with van der Waals surface area (Å²) >= 11 is 1.42.